The van der Waals surface area contributed by atoms with E-state index in [-0.39, 0.29) is 15.8 Å². The molecule has 0 saturated carbocycles. The predicted molar refractivity (Wildman–Crippen MR) is 80.7 cm³/mol. The van der Waals surface area contributed by atoms with Gasteiger partial charge in [-0.1, -0.05) is 23.7 Å². The molecule has 0 aliphatic heterocycles. The Balaban J connectivity index is 2.29. The molecule has 0 radical (unpaired) electrons. The fourth-order valence-electron chi connectivity index (χ4n) is 2.11. The molecule has 0 spiro atoms. The van der Waals surface area contributed by atoms with E-state index in [0.29, 0.717) is 22.8 Å². The number of furan rings is 1. The molecule has 108 valence electrons. The zero-order valence-corrected chi connectivity index (χ0v) is 12.4. The van der Waals surface area contributed by atoms with Crippen LogP contribution < -0.4 is 5.73 Å². The molecule has 0 unspecified atom stereocenters. The van der Waals surface area contributed by atoms with Crippen molar-refractivity contribution in [3.05, 3.63) is 46.4 Å². The van der Waals surface area contributed by atoms with Crippen molar-refractivity contribution in [2.24, 2.45) is 7.05 Å². The minimum atomic E-state index is -0.558. The van der Waals surface area contributed by atoms with Crippen molar-refractivity contribution in [3.63, 3.8) is 0 Å². The second-order valence-electron chi connectivity index (χ2n) is 4.44. The number of hydrogen-bond donors (Lipinski definition) is 1. The number of anilines is 1. The van der Waals surface area contributed by atoms with Crippen molar-refractivity contribution < 1.29 is 8.81 Å². The van der Waals surface area contributed by atoms with Crippen LogP contribution in [0.3, 0.4) is 0 Å². The molecule has 0 atom stereocenters. The molecular weight excluding hydrogens is 316 g/mol. The fourth-order valence-corrected chi connectivity index (χ4v) is 2.43. The highest BCUT2D eigenvalue weighted by Gasteiger charge is 2.23. The lowest BCUT2D eigenvalue weighted by Crippen LogP contribution is -1.98. The average Bonchev–Trinajstić information content (AvgIpc) is 2.99. The van der Waals surface area contributed by atoms with E-state index in [2.05, 4.69) is 5.10 Å². The lowest BCUT2D eigenvalue weighted by Gasteiger charge is -2.05. The Labute approximate surface area is 129 Å². The summed E-state index contributed by atoms with van der Waals surface area (Å²) in [5.74, 6) is 0.151. The first-order valence-electron chi connectivity index (χ1n) is 6.01. The topological polar surface area (TPSA) is 57.0 Å². The second kappa shape index (κ2) is 5.09. The molecule has 1 aromatic carbocycles. The molecule has 0 saturated heterocycles. The molecule has 21 heavy (non-hydrogen) atoms. The van der Waals surface area contributed by atoms with Gasteiger partial charge in [0.25, 0.3) is 0 Å². The van der Waals surface area contributed by atoms with Gasteiger partial charge >= 0.3 is 0 Å². The molecule has 0 amide bonds. The van der Waals surface area contributed by atoms with Crippen molar-refractivity contribution >= 4 is 29.0 Å². The smallest absolute Gasteiger partial charge is 0.194 e. The van der Waals surface area contributed by atoms with Crippen LogP contribution in [0, 0.1) is 5.82 Å². The Morgan fingerprint density at radius 2 is 2.00 bits per heavy atom. The lowest BCUT2D eigenvalue weighted by atomic mass is 10.0. The van der Waals surface area contributed by atoms with Crippen LogP contribution in [0.1, 0.15) is 0 Å². The number of aryl methyl sites for hydroxylation is 1. The zero-order valence-electron chi connectivity index (χ0n) is 10.9. The van der Waals surface area contributed by atoms with Crippen molar-refractivity contribution in [2.45, 2.75) is 0 Å². The third-order valence-electron chi connectivity index (χ3n) is 3.12. The van der Waals surface area contributed by atoms with E-state index in [9.17, 15) is 4.39 Å². The number of nitrogens with two attached hydrogens (primary N) is 1. The maximum Gasteiger partial charge on any atom is 0.194 e. The minimum absolute atomic E-state index is 0.0131. The standard InChI is InChI=1S/C14H10Cl2FN3O/c1-20-14(18)11(7-3-2-4-8(15)12(7)17)13(19-20)9-5-6-10(16)21-9/h2-6H,18H2,1H3. The largest absolute Gasteiger partial charge is 0.443 e. The van der Waals surface area contributed by atoms with Crippen LogP contribution in [-0.2, 0) is 7.05 Å². The van der Waals surface area contributed by atoms with Gasteiger partial charge in [-0.05, 0) is 29.8 Å². The Morgan fingerprint density at radius 3 is 2.67 bits per heavy atom. The van der Waals surface area contributed by atoms with E-state index < -0.39 is 5.82 Å². The van der Waals surface area contributed by atoms with E-state index >= 15 is 0 Å². The molecule has 4 nitrogen and oxygen atoms in total. The Kier molecular flexibility index (Phi) is 3.39. The molecule has 0 bridgehead atoms. The van der Waals surface area contributed by atoms with Crippen LogP contribution >= 0.6 is 23.2 Å². The van der Waals surface area contributed by atoms with Crippen molar-refractivity contribution in [2.75, 3.05) is 5.73 Å². The zero-order chi connectivity index (χ0) is 15.1. The van der Waals surface area contributed by atoms with Gasteiger partial charge in [0, 0.05) is 12.6 Å². The molecule has 2 heterocycles. The first kappa shape index (κ1) is 14.0. The van der Waals surface area contributed by atoms with E-state index in [4.69, 9.17) is 33.4 Å². The molecule has 0 fully saturated rings. The number of benzene rings is 1. The summed E-state index contributed by atoms with van der Waals surface area (Å²) in [5.41, 5.74) is 7.10. The summed E-state index contributed by atoms with van der Waals surface area (Å²) in [4.78, 5) is 0. The van der Waals surface area contributed by atoms with Gasteiger partial charge in [0.05, 0.1) is 10.6 Å². The van der Waals surface area contributed by atoms with E-state index in [1.54, 1.807) is 31.3 Å². The Hall–Kier alpha value is -1.98. The fraction of sp³-hybridized carbons (Fsp3) is 0.0714. The van der Waals surface area contributed by atoms with Gasteiger partial charge in [0.15, 0.2) is 11.0 Å². The molecular formula is C14H10Cl2FN3O. The van der Waals surface area contributed by atoms with Crippen LogP contribution in [0.5, 0.6) is 0 Å². The van der Waals surface area contributed by atoms with Crippen LogP contribution in [0.2, 0.25) is 10.2 Å². The maximum absolute atomic E-state index is 14.3. The van der Waals surface area contributed by atoms with E-state index in [1.807, 2.05) is 0 Å². The summed E-state index contributed by atoms with van der Waals surface area (Å²) < 4.78 is 21.1. The van der Waals surface area contributed by atoms with Crippen LogP contribution in [-0.4, -0.2) is 9.78 Å². The number of aromatic nitrogens is 2. The Morgan fingerprint density at radius 1 is 1.24 bits per heavy atom. The predicted octanol–water partition coefficient (Wildman–Crippen LogP) is 4.38. The summed E-state index contributed by atoms with van der Waals surface area (Å²) in [6, 6.07) is 7.93. The van der Waals surface area contributed by atoms with Crippen LogP contribution in [0.4, 0.5) is 10.2 Å². The summed E-state index contributed by atoms with van der Waals surface area (Å²) in [7, 11) is 1.66. The first-order chi connectivity index (χ1) is 9.99. The highest BCUT2D eigenvalue weighted by molar-refractivity contribution is 6.31. The molecule has 2 N–H and O–H groups in total. The summed E-state index contributed by atoms with van der Waals surface area (Å²) in [5, 5.41) is 4.50. The highest BCUT2D eigenvalue weighted by Crippen LogP contribution is 2.39. The van der Waals surface area contributed by atoms with Gasteiger partial charge in [-0.15, -0.1) is 0 Å². The van der Waals surface area contributed by atoms with Gasteiger partial charge < -0.3 is 10.2 Å². The SMILES string of the molecule is Cn1nc(-c2ccc(Cl)o2)c(-c2cccc(Cl)c2F)c1N. The quantitative estimate of drug-likeness (QED) is 0.760. The normalized spacial score (nSPS) is 11.0. The van der Waals surface area contributed by atoms with Crippen molar-refractivity contribution in [1.82, 2.24) is 9.78 Å². The third kappa shape index (κ3) is 2.28. The van der Waals surface area contributed by atoms with Crippen LogP contribution in [0.15, 0.2) is 34.7 Å². The number of halogens is 3. The van der Waals surface area contributed by atoms with E-state index in [1.165, 1.54) is 10.7 Å². The number of nitrogens with zero attached hydrogens (tertiary/aromatic N) is 2. The van der Waals surface area contributed by atoms with Gasteiger partial charge in [-0.3, -0.25) is 4.68 Å². The molecule has 7 heteroatoms. The average molecular weight is 326 g/mol. The highest BCUT2D eigenvalue weighted by atomic mass is 35.5. The number of rotatable bonds is 2. The molecule has 0 aliphatic rings. The molecule has 2 aromatic heterocycles. The Bertz CT molecular complexity index is 826. The summed E-state index contributed by atoms with van der Waals surface area (Å²) >= 11 is 11.6. The van der Waals surface area contributed by atoms with Gasteiger partial charge in [0.1, 0.15) is 17.3 Å². The summed E-state index contributed by atoms with van der Waals surface area (Å²) in [6.45, 7) is 0. The van der Waals surface area contributed by atoms with Gasteiger partial charge in [-0.25, -0.2) is 4.39 Å². The number of nitrogen functional groups attached to an aromatic ring is 1. The lowest BCUT2D eigenvalue weighted by molar-refractivity contribution is 0.580. The van der Waals surface area contributed by atoms with Crippen LogP contribution in [0.25, 0.3) is 22.6 Å². The summed E-state index contributed by atoms with van der Waals surface area (Å²) in [6.07, 6.45) is 0. The molecule has 3 aromatic rings. The third-order valence-corrected chi connectivity index (χ3v) is 3.61. The second-order valence-corrected chi connectivity index (χ2v) is 5.22. The first-order valence-corrected chi connectivity index (χ1v) is 6.77. The minimum Gasteiger partial charge on any atom is -0.443 e. The van der Waals surface area contributed by atoms with Gasteiger partial charge in [0.2, 0.25) is 0 Å². The number of hydrogen-bond acceptors (Lipinski definition) is 3. The molecule has 0 aliphatic carbocycles. The molecule has 3 rings (SSSR count). The monoisotopic (exact) mass is 325 g/mol. The van der Waals surface area contributed by atoms with Gasteiger partial charge in [-0.2, -0.15) is 5.10 Å². The van der Waals surface area contributed by atoms with Crippen molar-refractivity contribution in [3.8, 4) is 22.6 Å². The van der Waals surface area contributed by atoms with Crippen molar-refractivity contribution in [1.29, 1.82) is 0 Å². The van der Waals surface area contributed by atoms with E-state index in [0.717, 1.165) is 0 Å². The maximum atomic E-state index is 14.3.